The van der Waals surface area contributed by atoms with Gasteiger partial charge in [0.25, 0.3) is 0 Å². The van der Waals surface area contributed by atoms with E-state index < -0.39 is 74.2 Å². The third-order valence-electron chi connectivity index (χ3n) is 15.0. The monoisotopic (exact) mass is 1020 g/mol. The molecule has 1 fully saturated rings. The Morgan fingerprint density at radius 1 is 0.486 bits per heavy atom. The molecule has 1 rings (SSSR count). The SMILES string of the molecule is CCCCCCCCCCC/C=C\C/C=C\CCCCCCCCCCC(O)C(=O)NC(COC1OC(CO)C(O)C(O)C1O)C(O)C(O)CCCCCCCCCCCCCCCCCCCCCCC. The van der Waals surface area contributed by atoms with Crippen LogP contribution in [0.3, 0.4) is 0 Å². The van der Waals surface area contributed by atoms with Crippen LogP contribution in [0.15, 0.2) is 24.3 Å². The molecule has 0 aliphatic carbocycles. The number of ether oxygens (including phenoxy) is 2. The Hall–Kier alpha value is -1.41. The number of hydrogen-bond donors (Lipinski definition) is 8. The van der Waals surface area contributed by atoms with E-state index in [-0.39, 0.29) is 6.42 Å². The molecular formula is C61H117NO10. The maximum absolute atomic E-state index is 13.2. The molecule has 72 heavy (non-hydrogen) atoms. The zero-order valence-corrected chi connectivity index (χ0v) is 46.7. The summed E-state index contributed by atoms with van der Waals surface area (Å²) in [4.78, 5) is 13.2. The van der Waals surface area contributed by atoms with Crippen molar-refractivity contribution >= 4 is 5.91 Å². The predicted octanol–water partition coefficient (Wildman–Crippen LogP) is 13.3. The van der Waals surface area contributed by atoms with Crippen LogP contribution in [0.2, 0.25) is 0 Å². The molecule has 1 heterocycles. The summed E-state index contributed by atoms with van der Waals surface area (Å²) in [5.74, 6) is -0.697. The molecule has 1 aliphatic heterocycles. The van der Waals surface area contributed by atoms with Gasteiger partial charge in [0.1, 0.15) is 36.6 Å². The summed E-state index contributed by atoms with van der Waals surface area (Å²) in [5, 5.41) is 76.3. The van der Waals surface area contributed by atoms with Crippen LogP contribution in [-0.4, -0.2) is 110 Å². The van der Waals surface area contributed by atoms with Gasteiger partial charge in [0.15, 0.2) is 6.29 Å². The Labute approximate surface area is 442 Å². The Morgan fingerprint density at radius 2 is 0.847 bits per heavy atom. The molecular weight excluding hydrogens is 907 g/mol. The minimum absolute atomic E-state index is 0.255. The third-order valence-corrected chi connectivity index (χ3v) is 15.0. The largest absolute Gasteiger partial charge is 0.394 e. The van der Waals surface area contributed by atoms with E-state index in [1.807, 2.05) is 0 Å². The van der Waals surface area contributed by atoms with Crippen molar-refractivity contribution in [2.24, 2.45) is 0 Å². The first-order valence-electron chi connectivity index (χ1n) is 30.7. The van der Waals surface area contributed by atoms with Gasteiger partial charge in [-0.05, 0) is 44.9 Å². The first kappa shape index (κ1) is 68.6. The summed E-state index contributed by atoms with van der Waals surface area (Å²) < 4.78 is 11.2. The quantitative estimate of drug-likeness (QED) is 0.0215. The summed E-state index contributed by atoms with van der Waals surface area (Å²) in [5.41, 5.74) is 0. The van der Waals surface area contributed by atoms with Crippen molar-refractivity contribution in [3.8, 4) is 0 Å². The van der Waals surface area contributed by atoms with Gasteiger partial charge in [-0.25, -0.2) is 0 Å². The van der Waals surface area contributed by atoms with E-state index in [0.29, 0.717) is 19.3 Å². The lowest BCUT2D eigenvalue weighted by atomic mass is 9.98. The minimum Gasteiger partial charge on any atom is -0.394 e. The molecule has 0 bridgehead atoms. The molecule has 0 radical (unpaired) electrons. The molecule has 0 aromatic rings. The van der Waals surface area contributed by atoms with Gasteiger partial charge in [-0.15, -0.1) is 0 Å². The Morgan fingerprint density at radius 3 is 1.24 bits per heavy atom. The normalized spacial score (nSPS) is 20.2. The lowest BCUT2D eigenvalue weighted by molar-refractivity contribution is -0.303. The lowest BCUT2D eigenvalue weighted by Gasteiger charge is -2.40. The van der Waals surface area contributed by atoms with Crippen molar-refractivity contribution in [1.29, 1.82) is 0 Å². The lowest BCUT2D eigenvalue weighted by Crippen LogP contribution is -2.60. The first-order chi connectivity index (χ1) is 35.2. The van der Waals surface area contributed by atoms with Crippen LogP contribution in [0.1, 0.15) is 290 Å². The summed E-state index contributed by atoms with van der Waals surface area (Å²) in [7, 11) is 0. The maximum atomic E-state index is 13.2. The zero-order valence-electron chi connectivity index (χ0n) is 46.7. The van der Waals surface area contributed by atoms with Crippen LogP contribution in [-0.2, 0) is 14.3 Å². The van der Waals surface area contributed by atoms with Gasteiger partial charge < -0.3 is 50.5 Å². The molecule has 1 amide bonds. The Bertz CT molecular complexity index is 1220. The topological polar surface area (TPSA) is 189 Å². The van der Waals surface area contributed by atoms with Gasteiger partial charge in [0.2, 0.25) is 5.91 Å². The summed E-state index contributed by atoms with van der Waals surface area (Å²) in [6, 6.07) is -1.17. The molecule has 0 spiro atoms. The highest BCUT2D eigenvalue weighted by molar-refractivity contribution is 5.80. The van der Waals surface area contributed by atoms with Crippen LogP contribution < -0.4 is 5.32 Å². The van der Waals surface area contributed by atoms with E-state index in [0.717, 1.165) is 51.4 Å². The molecule has 0 saturated carbocycles. The number of carbonyl (C=O) groups is 1. The van der Waals surface area contributed by atoms with Crippen molar-refractivity contribution in [3.63, 3.8) is 0 Å². The number of aliphatic hydroxyl groups excluding tert-OH is 7. The van der Waals surface area contributed by atoms with Crippen LogP contribution >= 0.6 is 0 Å². The fourth-order valence-electron chi connectivity index (χ4n) is 10.0. The van der Waals surface area contributed by atoms with Crippen molar-refractivity contribution in [2.45, 2.75) is 345 Å². The van der Waals surface area contributed by atoms with Crippen molar-refractivity contribution in [2.75, 3.05) is 13.2 Å². The van der Waals surface area contributed by atoms with Gasteiger partial charge in [-0.2, -0.15) is 0 Å². The first-order valence-corrected chi connectivity index (χ1v) is 30.7. The molecule has 0 aromatic heterocycles. The second-order valence-corrected chi connectivity index (χ2v) is 21.8. The van der Waals surface area contributed by atoms with E-state index in [9.17, 15) is 40.5 Å². The number of rotatable bonds is 53. The number of allylic oxidation sites excluding steroid dienone is 4. The van der Waals surface area contributed by atoms with Crippen molar-refractivity contribution in [1.82, 2.24) is 5.32 Å². The van der Waals surface area contributed by atoms with Gasteiger partial charge in [0.05, 0.1) is 25.4 Å². The zero-order chi connectivity index (χ0) is 52.5. The van der Waals surface area contributed by atoms with Crippen molar-refractivity contribution < 1.29 is 50.0 Å². The highest BCUT2D eigenvalue weighted by Crippen LogP contribution is 2.24. The predicted molar refractivity (Wildman–Crippen MR) is 298 cm³/mol. The second kappa shape index (κ2) is 50.4. The van der Waals surface area contributed by atoms with Gasteiger partial charge in [-0.3, -0.25) is 4.79 Å². The van der Waals surface area contributed by atoms with E-state index in [4.69, 9.17) is 9.47 Å². The van der Waals surface area contributed by atoms with Gasteiger partial charge in [-0.1, -0.05) is 269 Å². The number of aliphatic hydroxyl groups is 7. The molecule has 1 aliphatic rings. The molecule has 426 valence electrons. The number of nitrogens with one attached hydrogen (secondary N) is 1. The van der Waals surface area contributed by atoms with Crippen molar-refractivity contribution in [3.05, 3.63) is 24.3 Å². The number of carbonyl (C=O) groups excluding carboxylic acids is 1. The number of amides is 1. The van der Waals surface area contributed by atoms with Gasteiger partial charge in [0, 0.05) is 0 Å². The average Bonchev–Trinajstić information content (AvgIpc) is 3.38. The standard InChI is InChI=1S/C61H117NO10/c1-3-5-7-9-11-13-15-17-19-21-23-25-26-27-29-31-33-35-37-39-41-43-45-47-49-54(65)60(70)62-52(51-71-61-59(69)58(68)57(67)55(50-63)72-61)56(66)53(64)48-46-44-42-40-38-36-34-32-30-28-24-22-20-18-16-14-12-10-8-6-4-2/h23,25,27,29,52-59,61,63-69H,3-22,24,26,28,30-51H2,1-2H3,(H,62,70)/b25-23-,29-27-. The van der Waals surface area contributed by atoms with E-state index >= 15 is 0 Å². The molecule has 11 heteroatoms. The molecule has 9 atom stereocenters. The van der Waals surface area contributed by atoms with E-state index in [1.165, 1.54) is 199 Å². The smallest absolute Gasteiger partial charge is 0.249 e. The summed E-state index contributed by atoms with van der Waals surface area (Å²) >= 11 is 0. The molecule has 11 nitrogen and oxygen atoms in total. The average molecular weight is 1020 g/mol. The number of unbranched alkanes of at least 4 members (excludes halogenated alkanes) is 37. The maximum Gasteiger partial charge on any atom is 0.249 e. The Kier molecular flexibility index (Phi) is 48.0. The number of hydrogen-bond acceptors (Lipinski definition) is 10. The van der Waals surface area contributed by atoms with Gasteiger partial charge >= 0.3 is 0 Å². The second-order valence-electron chi connectivity index (χ2n) is 21.8. The molecule has 9 unspecified atom stereocenters. The molecule has 0 aromatic carbocycles. The van der Waals surface area contributed by atoms with Crippen LogP contribution in [0.4, 0.5) is 0 Å². The van der Waals surface area contributed by atoms with Crippen LogP contribution in [0.5, 0.6) is 0 Å². The van der Waals surface area contributed by atoms with Crippen LogP contribution in [0.25, 0.3) is 0 Å². The fourth-order valence-corrected chi connectivity index (χ4v) is 10.0. The molecule has 8 N–H and O–H groups in total. The summed E-state index contributed by atoms with van der Waals surface area (Å²) in [6.07, 6.45) is 49.4. The van der Waals surface area contributed by atoms with E-state index in [2.05, 4.69) is 43.5 Å². The molecule has 1 saturated heterocycles. The summed E-state index contributed by atoms with van der Waals surface area (Å²) in [6.45, 7) is 3.49. The highest BCUT2D eigenvalue weighted by Gasteiger charge is 2.44. The third kappa shape index (κ3) is 38.2. The fraction of sp³-hybridized carbons (Fsp3) is 0.918. The van der Waals surface area contributed by atoms with Crippen LogP contribution in [0, 0.1) is 0 Å². The minimum atomic E-state index is -1.66. The van der Waals surface area contributed by atoms with E-state index in [1.54, 1.807) is 0 Å². The Balaban J connectivity index is 2.29. The highest BCUT2D eigenvalue weighted by atomic mass is 16.7.